The number of carbonyl (C=O) groups is 3. The lowest BCUT2D eigenvalue weighted by molar-refractivity contribution is 0.0947. The molecule has 0 heterocycles. The summed E-state index contributed by atoms with van der Waals surface area (Å²) in [4.78, 5) is 51.0. The van der Waals surface area contributed by atoms with Crippen LogP contribution < -0.4 is 16.0 Å². The van der Waals surface area contributed by atoms with Gasteiger partial charge in [-0.05, 0) is 96.0 Å². The van der Waals surface area contributed by atoms with Crippen LogP contribution in [0.4, 0.5) is 0 Å². The molecule has 0 aliphatic rings. The fourth-order valence-electron chi connectivity index (χ4n) is 14.3. The molecule has 1 aromatic rings. The summed E-state index contributed by atoms with van der Waals surface area (Å²) >= 11 is 0. The summed E-state index contributed by atoms with van der Waals surface area (Å²) in [5.74, 6) is -0.639. The lowest BCUT2D eigenvalue weighted by Gasteiger charge is -2.23. The van der Waals surface area contributed by atoms with Gasteiger partial charge in [0.15, 0.2) is 0 Å². The molecule has 0 aliphatic carbocycles. The van der Waals surface area contributed by atoms with Crippen LogP contribution in [0.3, 0.4) is 0 Å². The molecule has 0 aliphatic heterocycles. The van der Waals surface area contributed by atoms with Crippen LogP contribution in [0.2, 0.25) is 0 Å². The number of nitrogens with one attached hydrogen (secondary N) is 3. The van der Waals surface area contributed by atoms with Crippen LogP contribution in [0.5, 0.6) is 0 Å². The number of hydrogen-bond donors (Lipinski definition) is 3. The van der Waals surface area contributed by atoms with Crippen LogP contribution in [0.1, 0.15) is 458 Å². The van der Waals surface area contributed by atoms with Crippen molar-refractivity contribution in [1.82, 2.24) is 30.7 Å². The van der Waals surface area contributed by atoms with Crippen LogP contribution >= 0.6 is 0 Å². The molecule has 0 fully saturated rings. The average molecular weight is 1350 g/mol. The number of benzene rings is 1. The molecule has 1 rings (SSSR count). The second kappa shape index (κ2) is 73.7. The normalized spacial score (nSPS) is 11.7. The van der Waals surface area contributed by atoms with Gasteiger partial charge in [-0.1, -0.05) is 388 Å². The van der Waals surface area contributed by atoms with Crippen LogP contribution in [0.25, 0.3) is 0 Å². The van der Waals surface area contributed by atoms with Gasteiger partial charge in [-0.25, -0.2) is 0 Å². The molecule has 0 saturated carbocycles. The number of hydrogen-bond acceptors (Lipinski definition) is 6. The van der Waals surface area contributed by atoms with E-state index < -0.39 is 0 Å². The summed E-state index contributed by atoms with van der Waals surface area (Å²) in [6.07, 6.45) is 79.8. The van der Waals surface area contributed by atoms with E-state index in [2.05, 4.69) is 72.2 Å². The number of amides is 3. The Kier molecular flexibility index (Phi) is 70.3. The van der Waals surface area contributed by atoms with Gasteiger partial charge in [0, 0.05) is 56.0 Å². The molecule has 0 atom stereocenters. The van der Waals surface area contributed by atoms with E-state index in [4.69, 9.17) is 0 Å². The zero-order valence-electron chi connectivity index (χ0n) is 65.7. The quantitative estimate of drug-likeness (QED) is 0.0562. The zero-order valence-corrected chi connectivity index (χ0v) is 65.7. The highest BCUT2D eigenvalue weighted by Gasteiger charge is 2.19. The summed E-state index contributed by atoms with van der Waals surface area (Å²) in [6, 6.07) is 5.21. The first-order valence-electron chi connectivity index (χ1n) is 43.5. The molecule has 96 heavy (non-hydrogen) atoms. The Bertz CT molecular complexity index is 1510. The molecule has 9 heteroatoms. The minimum Gasteiger partial charge on any atom is -0.351 e. The fraction of sp³-hybridized carbons (Fsp3) is 0.897. The number of rotatable bonds is 78. The predicted molar refractivity (Wildman–Crippen MR) is 424 cm³/mol. The second-order valence-corrected chi connectivity index (χ2v) is 30.2. The minimum atomic E-state index is -0.213. The topological polar surface area (TPSA) is 97.0 Å². The molecular formula is C87H168N6O3. The first kappa shape index (κ1) is 91.5. The summed E-state index contributed by atoms with van der Waals surface area (Å²) < 4.78 is 0. The van der Waals surface area contributed by atoms with Crippen molar-refractivity contribution in [3.05, 3.63) is 34.9 Å². The number of unbranched alkanes of at least 4 members (excludes halogenated alkanes) is 54. The third-order valence-electron chi connectivity index (χ3n) is 20.8. The Labute approximate surface area is 599 Å². The monoisotopic (exact) mass is 1350 g/mol. The van der Waals surface area contributed by atoms with Crippen LogP contribution in [-0.2, 0) is 0 Å². The fourth-order valence-corrected chi connectivity index (χ4v) is 14.3. The van der Waals surface area contributed by atoms with Gasteiger partial charge in [0.05, 0.1) is 0 Å². The molecule has 0 aromatic heterocycles. The Morgan fingerprint density at radius 3 is 0.458 bits per heavy atom. The highest BCUT2D eigenvalue weighted by Crippen LogP contribution is 2.19. The smallest absolute Gasteiger partial charge is 0.251 e. The molecule has 0 spiro atoms. The van der Waals surface area contributed by atoms with Gasteiger partial charge in [0.1, 0.15) is 0 Å². The van der Waals surface area contributed by atoms with E-state index in [1.54, 1.807) is 18.2 Å². The summed E-state index contributed by atoms with van der Waals surface area (Å²) in [5, 5.41) is 9.84. The Morgan fingerprint density at radius 2 is 0.323 bits per heavy atom. The van der Waals surface area contributed by atoms with Crippen molar-refractivity contribution in [2.24, 2.45) is 0 Å². The van der Waals surface area contributed by atoms with Gasteiger partial charge in [0.25, 0.3) is 17.7 Å². The SMILES string of the molecule is CCCCCCCCCCCCN(CCCCCCCCCCCC)CCNC(=O)c1cc(C(=O)NCCN(CCCCCCCCCCCC)CCCCCCCCCCCC)cc(C(=O)NCCN(CCCCCCCCCCCC)CCCCCCCCCCCC)c1. The van der Waals surface area contributed by atoms with Crippen molar-refractivity contribution in [2.75, 3.05) is 78.5 Å². The minimum absolute atomic E-state index is 0.213. The lowest BCUT2D eigenvalue weighted by Crippen LogP contribution is -2.37. The van der Waals surface area contributed by atoms with Crippen molar-refractivity contribution in [2.45, 2.75) is 427 Å². The maximum atomic E-state index is 14.4. The molecule has 0 saturated heterocycles. The van der Waals surface area contributed by atoms with Crippen LogP contribution in [0, 0.1) is 0 Å². The van der Waals surface area contributed by atoms with E-state index >= 15 is 0 Å². The molecular weight excluding hydrogens is 1180 g/mol. The lowest BCUT2D eigenvalue weighted by atomic mass is 10.0. The van der Waals surface area contributed by atoms with Gasteiger partial charge in [-0.3, -0.25) is 14.4 Å². The standard InChI is InChI=1S/C87H168N6O3/c1-7-13-19-25-31-37-43-49-55-61-70-91(71-62-56-50-44-38-32-26-20-14-8-2)76-67-88-85(94)82-79-83(86(95)89-68-77-92(72-63-57-51-45-39-33-27-21-15-9-3)73-64-58-52-46-40-34-28-22-16-10-4)81-84(80-82)87(96)90-69-78-93(74-65-59-53-47-41-35-29-23-17-11-5)75-66-60-54-48-42-36-30-24-18-12-6/h79-81H,7-78H2,1-6H3,(H,88,94)(H,89,95)(H,90,96). The number of nitrogens with zero attached hydrogens (tertiary/aromatic N) is 3. The average Bonchev–Trinajstić information content (AvgIpc) is 0.915. The summed E-state index contributed by atoms with van der Waals surface area (Å²) in [5.41, 5.74) is 1.16. The Balaban J connectivity index is 3.28. The third-order valence-corrected chi connectivity index (χ3v) is 20.8. The molecule has 1 aromatic carbocycles. The zero-order chi connectivity index (χ0) is 69.4. The first-order valence-corrected chi connectivity index (χ1v) is 43.5. The van der Waals surface area contributed by atoms with E-state index in [9.17, 15) is 14.4 Å². The van der Waals surface area contributed by atoms with E-state index in [0.29, 0.717) is 36.3 Å². The molecule has 0 bridgehead atoms. The van der Waals surface area contributed by atoms with Gasteiger partial charge in [-0.15, -0.1) is 0 Å². The molecule has 564 valence electrons. The number of carbonyl (C=O) groups excluding carboxylic acids is 3. The van der Waals surface area contributed by atoms with E-state index in [-0.39, 0.29) is 17.7 Å². The van der Waals surface area contributed by atoms with Crippen molar-refractivity contribution in [1.29, 1.82) is 0 Å². The van der Waals surface area contributed by atoms with Gasteiger partial charge in [-0.2, -0.15) is 0 Å². The maximum Gasteiger partial charge on any atom is 0.251 e. The molecule has 3 N–H and O–H groups in total. The largest absolute Gasteiger partial charge is 0.351 e. The maximum absolute atomic E-state index is 14.4. The van der Waals surface area contributed by atoms with E-state index in [1.165, 1.54) is 385 Å². The summed E-state index contributed by atoms with van der Waals surface area (Å²) in [6.45, 7) is 24.2. The predicted octanol–water partition coefficient (Wildman–Crippen LogP) is 25.3. The Hall–Kier alpha value is -2.49. The van der Waals surface area contributed by atoms with Crippen molar-refractivity contribution in [3.63, 3.8) is 0 Å². The molecule has 3 amide bonds. The van der Waals surface area contributed by atoms with Crippen LogP contribution in [-0.4, -0.2) is 111 Å². The van der Waals surface area contributed by atoms with Crippen LogP contribution in [0.15, 0.2) is 18.2 Å². The molecule has 0 radical (unpaired) electrons. The highest BCUT2D eigenvalue weighted by molar-refractivity contribution is 6.04. The van der Waals surface area contributed by atoms with Gasteiger partial charge >= 0.3 is 0 Å². The molecule has 0 unspecified atom stereocenters. The van der Waals surface area contributed by atoms with E-state index in [0.717, 1.165) is 58.9 Å². The van der Waals surface area contributed by atoms with Crippen molar-refractivity contribution >= 4 is 17.7 Å². The van der Waals surface area contributed by atoms with Crippen molar-refractivity contribution in [3.8, 4) is 0 Å². The third kappa shape index (κ3) is 60.3. The first-order chi connectivity index (χ1) is 47.3. The highest BCUT2D eigenvalue weighted by atomic mass is 16.2. The van der Waals surface area contributed by atoms with Gasteiger partial charge < -0.3 is 30.7 Å². The molecule has 9 nitrogen and oxygen atoms in total. The van der Waals surface area contributed by atoms with E-state index in [1.807, 2.05) is 0 Å². The second-order valence-electron chi connectivity index (χ2n) is 30.2. The summed E-state index contributed by atoms with van der Waals surface area (Å²) in [7, 11) is 0. The van der Waals surface area contributed by atoms with Gasteiger partial charge in [0.2, 0.25) is 0 Å². The van der Waals surface area contributed by atoms with Crippen molar-refractivity contribution < 1.29 is 14.4 Å². The Morgan fingerprint density at radius 1 is 0.198 bits per heavy atom.